The third-order valence-corrected chi connectivity index (χ3v) is 3.72. The number of Topliss-reactive ketones (excluding diaryl/α,β-unsaturated/α-hetero) is 1. The van der Waals surface area contributed by atoms with Gasteiger partial charge in [-0.15, -0.1) is 11.3 Å². The molecule has 0 aliphatic carbocycles. The van der Waals surface area contributed by atoms with Gasteiger partial charge in [-0.3, -0.25) is 9.59 Å². The fraction of sp³-hybridized carbons (Fsp3) is 0.0769. The molecule has 0 radical (unpaired) electrons. The molecule has 1 heterocycles. The summed E-state index contributed by atoms with van der Waals surface area (Å²) in [5, 5.41) is 4.86. The van der Waals surface area contributed by atoms with Crippen LogP contribution < -0.4 is 5.32 Å². The first-order valence-electron chi connectivity index (χ1n) is 5.24. The molecule has 18 heavy (non-hydrogen) atoms. The van der Waals surface area contributed by atoms with Crippen LogP contribution in [-0.4, -0.2) is 11.7 Å². The van der Waals surface area contributed by atoms with Crippen molar-refractivity contribution in [3.8, 4) is 0 Å². The maximum absolute atomic E-state index is 12.0. The van der Waals surface area contributed by atoms with Crippen molar-refractivity contribution in [3.63, 3.8) is 0 Å². The quantitative estimate of drug-likeness (QED) is 0.867. The van der Waals surface area contributed by atoms with Crippen molar-refractivity contribution in [2.75, 3.05) is 5.32 Å². The Morgan fingerprint density at radius 3 is 2.56 bits per heavy atom. The number of amides is 1. The molecular weight excluding hydrogens is 270 g/mol. The van der Waals surface area contributed by atoms with Gasteiger partial charge in [-0.25, -0.2) is 0 Å². The van der Waals surface area contributed by atoms with Gasteiger partial charge in [0.15, 0.2) is 5.78 Å². The van der Waals surface area contributed by atoms with Crippen LogP contribution >= 0.6 is 22.9 Å². The topological polar surface area (TPSA) is 46.2 Å². The second-order valence-corrected chi connectivity index (χ2v) is 4.98. The number of halogens is 1. The van der Waals surface area contributed by atoms with E-state index in [1.54, 1.807) is 35.7 Å². The van der Waals surface area contributed by atoms with Crippen LogP contribution in [0.25, 0.3) is 0 Å². The highest BCUT2D eigenvalue weighted by Gasteiger charge is 2.14. The van der Waals surface area contributed by atoms with Gasteiger partial charge in [0.05, 0.1) is 10.7 Å². The van der Waals surface area contributed by atoms with E-state index in [1.165, 1.54) is 18.3 Å². The van der Waals surface area contributed by atoms with Crippen molar-refractivity contribution >= 4 is 40.3 Å². The van der Waals surface area contributed by atoms with E-state index in [2.05, 4.69) is 5.32 Å². The number of carbonyl (C=O) groups excluding carboxylic acids is 2. The first kappa shape index (κ1) is 12.8. The van der Waals surface area contributed by atoms with E-state index in [1.807, 2.05) is 0 Å². The molecule has 0 saturated carbocycles. The van der Waals surface area contributed by atoms with Gasteiger partial charge < -0.3 is 5.32 Å². The van der Waals surface area contributed by atoms with Crippen molar-refractivity contribution < 1.29 is 9.59 Å². The highest BCUT2D eigenvalue weighted by Crippen LogP contribution is 2.24. The van der Waals surface area contributed by atoms with Crippen LogP contribution in [0.1, 0.15) is 27.0 Å². The van der Waals surface area contributed by atoms with Gasteiger partial charge in [0, 0.05) is 5.56 Å². The highest BCUT2D eigenvalue weighted by molar-refractivity contribution is 7.12. The first-order valence-corrected chi connectivity index (χ1v) is 6.49. The van der Waals surface area contributed by atoms with Gasteiger partial charge in [0.2, 0.25) is 0 Å². The lowest BCUT2D eigenvalue weighted by molar-refractivity contribution is 0.101. The second kappa shape index (κ2) is 5.33. The van der Waals surface area contributed by atoms with Crippen LogP contribution in [0, 0.1) is 0 Å². The van der Waals surface area contributed by atoms with Crippen molar-refractivity contribution in [1.82, 2.24) is 0 Å². The molecule has 2 aromatic rings. The largest absolute Gasteiger partial charge is 0.321 e. The summed E-state index contributed by atoms with van der Waals surface area (Å²) < 4.78 is 0. The lowest BCUT2D eigenvalue weighted by atomic mass is 10.1. The fourth-order valence-electron chi connectivity index (χ4n) is 1.53. The van der Waals surface area contributed by atoms with E-state index in [0.29, 0.717) is 21.2 Å². The summed E-state index contributed by atoms with van der Waals surface area (Å²) in [5.74, 6) is -0.396. The Hall–Kier alpha value is -1.65. The number of para-hydroxylation sites is 1. The Morgan fingerprint density at radius 2 is 1.94 bits per heavy atom. The van der Waals surface area contributed by atoms with Crippen LogP contribution in [0.5, 0.6) is 0 Å². The predicted octanol–water partition coefficient (Wildman–Crippen LogP) is 3.86. The van der Waals surface area contributed by atoms with Gasteiger partial charge in [0.25, 0.3) is 5.91 Å². The van der Waals surface area contributed by atoms with E-state index >= 15 is 0 Å². The average Bonchev–Trinajstić information content (AvgIpc) is 2.76. The standard InChI is InChI=1S/C13H10ClNO2S/c1-8(16)9-4-2-3-5-11(9)15-13(17)12-10(14)6-7-18-12/h2-7H,1H3,(H,15,17). The maximum Gasteiger partial charge on any atom is 0.267 e. The molecule has 2 rings (SSSR count). The zero-order valence-electron chi connectivity index (χ0n) is 9.57. The summed E-state index contributed by atoms with van der Waals surface area (Å²) in [7, 11) is 0. The molecule has 1 N–H and O–H groups in total. The van der Waals surface area contributed by atoms with Gasteiger partial charge in [0.1, 0.15) is 4.88 Å². The molecule has 0 saturated heterocycles. The number of thiophene rings is 1. The number of carbonyl (C=O) groups is 2. The van der Waals surface area contributed by atoms with E-state index in [9.17, 15) is 9.59 Å². The highest BCUT2D eigenvalue weighted by atomic mass is 35.5. The predicted molar refractivity (Wildman–Crippen MR) is 73.7 cm³/mol. The van der Waals surface area contributed by atoms with Crippen molar-refractivity contribution in [3.05, 3.63) is 51.2 Å². The maximum atomic E-state index is 12.0. The Balaban J connectivity index is 2.28. The minimum absolute atomic E-state index is 0.0943. The molecule has 0 aliphatic heterocycles. The van der Waals surface area contributed by atoms with Gasteiger partial charge >= 0.3 is 0 Å². The Morgan fingerprint density at radius 1 is 1.22 bits per heavy atom. The lowest BCUT2D eigenvalue weighted by Gasteiger charge is -2.08. The lowest BCUT2D eigenvalue weighted by Crippen LogP contribution is -2.13. The molecule has 0 atom stereocenters. The van der Waals surface area contributed by atoms with Crippen molar-refractivity contribution in [1.29, 1.82) is 0 Å². The molecule has 0 aliphatic rings. The van der Waals surface area contributed by atoms with Gasteiger partial charge in [-0.05, 0) is 30.5 Å². The molecule has 0 unspecified atom stereocenters. The molecular formula is C13H10ClNO2S. The van der Waals surface area contributed by atoms with Crippen LogP contribution in [-0.2, 0) is 0 Å². The molecule has 3 nitrogen and oxygen atoms in total. The summed E-state index contributed by atoms with van der Waals surface area (Å²) in [5.41, 5.74) is 0.984. The van der Waals surface area contributed by atoms with Crippen molar-refractivity contribution in [2.24, 2.45) is 0 Å². The normalized spacial score (nSPS) is 10.1. The number of hydrogen-bond acceptors (Lipinski definition) is 3. The number of benzene rings is 1. The minimum atomic E-state index is -0.302. The third kappa shape index (κ3) is 2.60. The minimum Gasteiger partial charge on any atom is -0.321 e. The molecule has 0 spiro atoms. The third-order valence-electron chi connectivity index (χ3n) is 2.38. The van der Waals surface area contributed by atoms with E-state index in [4.69, 9.17) is 11.6 Å². The number of hydrogen-bond donors (Lipinski definition) is 1. The molecule has 1 amide bonds. The zero-order chi connectivity index (χ0) is 13.1. The molecule has 0 fully saturated rings. The molecule has 5 heteroatoms. The number of rotatable bonds is 3. The zero-order valence-corrected chi connectivity index (χ0v) is 11.1. The molecule has 92 valence electrons. The molecule has 0 bridgehead atoms. The summed E-state index contributed by atoms with van der Waals surface area (Å²) in [4.78, 5) is 23.8. The summed E-state index contributed by atoms with van der Waals surface area (Å²) >= 11 is 7.15. The Labute approximate surface area is 113 Å². The summed E-state index contributed by atoms with van der Waals surface area (Å²) in [6, 6.07) is 8.55. The monoisotopic (exact) mass is 279 g/mol. The van der Waals surface area contributed by atoms with Gasteiger partial charge in [-0.2, -0.15) is 0 Å². The fourth-order valence-corrected chi connectivity index (χ4v) is 2.57. The SMILES string of the molecule is CC(=O)c1ccccc1NC(=O)c1sccc1Cl. The summed E-state index contributed by atoms with van der Waals surface area (Å²) in [6.45, 7) is 1.46. The second-order valence-electron chi connectivity index (χ2n) is 3.65. The van der Waals surface area contributed by atoms with Crippen LogP contribution in [0.3, 0.4) is 0 Å². The Kier molecular flexibility index (Phi) is 3.79. The molecule has 1 aromatic carbocycles. The number of ketones is 1. The van der Waals surface area contributed by atoms with Crippen LogP contribution in [0.4, 0.5) is 5.69 Å². The Bertz CT molecular complexity index is 607. The van der Waals surface area contributed by atoms with E-state index < -0.39 is 0 Å². The van der Waals surface area contributed by atoms with Crippen LogP contribution in [0.2, 0.25) is 5.02 Å². The van der Waals surface area contributed by atoms with Gasteiger partial charge in [-0.1, -0.05) is 23.7 Å². The van der Waals surface area contributed by atoms with Crippen molar-refractivity contribution in [2.45, 2.75) is 6.92 Å². The smallest absolute Gasteiger partial charge is 0.267 e. The van der Waals surface area contributed by atoms with E-state index in [0.717, 1.165) is 0 Å². The average molecular weight is 280 g/mol. The summed E-state index contributed by atoms with van der Waals surface area (Å²) in [6.07, 6.45) is 0. The van der Waals surface area contributed by atoms with E-state index in [-0.39, 0.29) is 11.7 Å². The van der Waals surface area contributed by atoms with Crippen LogP contribution in [0.15, 0.2) is 35.7 Å². The number of nitrogens with one attached hydrogen (secondary N) is 1. The number of anilines is 1. The first-order chi connectivity index (χ1) is 8.59. The molecule has 1 aromatic heterocycles.